The van der Waals surface area contributed by atoms with Crippen LogP contribution in [0.15, 0.2) is 84.9 Å². The van der Waals surface area contributed by atoms with E-state index in [0.717, 1.165) is 41.4 Å². The smallest absolute Gasteiger partial charge is 0.264 e. The van der Waals surface area contributed by atoms with Crippen molar-refractivity contribution < 1.29 is 0 Å². The number of rotatable bonds is 3. The van der Waals surface area contributed by atoms with Gasteiger partial charge in [0.1, 0.15) is 0 Å². The highest BCUT2D eigenvalue weighted by molar-refractivity contribution is 7.33. The quantitative estimate of drug-likeness (QED) is 0.163. The molecule has 74 heavy (non-hydrogen) atoms. The van der Waals surface area contributed by atoms with Crippen molar-refractivity contribution in [3.05, 3.63) is 124 Å². The van der Waals surface area contributed by atoms with Crippen LogP contribution >= 0.6 is 11.3 Å². The summed E-state index contributed by atoms with van der Waals surface area (Å²) in [6.45, 7) is 34.6. The van der Waals surface area contributed by atoms with Crippen LogP contribution < -0.4 is 25.5 Å². The minimum Gasteiger partial charge on any atom is -0.311 e. The normalized spacial score (nSPS) is 30.6. The predicted molar refractivity (Wildman–Crippen MR) is 318 cm³/mol. The molecular weight excluding hydrogens is 912 g/mol. The van der Waals surface area contributed by atoms with E-state index in [1.54, 1.807) is 27.8 Å². The number of fused-ring (bicyclic) bond motifs is 8. The number of anilines is 6. The standard InChI is InChI=1S/C70H83BN2S/c1-64(2,3)40-15-18-43(19-16-40)73-59-31-42(70-36-49-46-27-39-28-47(49)51(38-70)48(29-39)50(46)37-70)30-58-61(59)71(63-62(73)45-21-17-41(65(4,5)6)32-60(45)74-63)56-34-54-55(69(13,14)26-25-68(54,11)12)35-57(56)72(58)44-20-22-52-53(33-44)67(9,10)24-23-66(52,7)8/h15-22,30-35,39,46-51H,23-29,36-38H2,1-14H3/t39?,46-,47-,48?,49?,50?,51?,70-/m1/s1. The molecule has 1 aromatic heterocycles. The fraction of sp³-hybridized carbons (Fsp3) is 0.543. The van der Waals surface area contributed by atoms with Crippen LogP contribution in [0.5, 0.6) is 0 Å². The van der Waals surface area contributed by atoms with Crippen molar-refractivity contribution in [2.24, 2.45) is 41.4 Å². The van der Waals surface area contributed by atoms with Gasteiger partial charge in [0, 0.05) is 43.3 Å². The SMILES string of the molecule is CC(C)(C)c1ccc(N2c3cc([C@]45CC6C7CC8C[C@@H]6C(C4)[C@@H](C8)C7C5)cc4c3B(c3cc5c(cc3N4c3ccc4c(c3)C(C)(C)CCC4(C)C)C(C)(C)CCC5(C)C)c3sc4cc(C(C)(C)C)ccc4c32)cc1. The summed E-state index contributed by atoms with van der Waals surface area (Å²) in [5, 5.41) is 1.40. The van der Waals surface area contributed by atoms with E-state index >= 15 is 0 Å². The Bertz CT molecular complexity index is 3340. The number of nitrogens with zero attached hydrogens (tertiary/aromatic N) is 2. The predicted octanol–water partition coefficient (Wildman–Crippen LogP) is 17.2. The summed E-state index contributed by atoms with van der Waals surface area (Å²) >= 11 is 2.10. The highest BCUT2D eigenvalue weighted by Gasteiger charge is 2.68. The monoisotopic (exact) mass is 995 g/mol. The number of hydrogen-bond donors (Lipinski definition) is 0. The highest BCUT2D eigenvalue weighted by Crippen LogP contribution is 2.75. The van der Waals surface area contributed by atoms with E-state index in [9.17, 15) is 0 Å². The molecule has 5 aromatic carbocycles. The zero-order chi connectivity index (χ0) is 51.3. The maximum absolute atomic E-state index is 2.87. The van der Waals surface area contributed by atoms with Crippen molar-refractivity contribution in [1.29, 1.82) is 0 Å². The first-order chi connectivity index (χ1) is 34.8. The van der Waals surface area contributed by atoms with Gasteiger partial charge in [0.25, 0.3) is 6.71 Å². The first-order valence-electron chi connectivity index (χ1n) is 29.6. The summed E-state index contributed by atoms with van der Waals surface area (Å²) in [4.78, 5) is 5.68. The molecule has 0 spiro atoms. The third-order valence-electron chi connectivity index (χ3n) is 23.2. The Hall–Kier alpha value is -4.28. The lowest BCUT2D eigenvalue weighted by atomic mass is 9.32. The molecule has 17 rings (SSSR count). The fourth-order valence-corrected chi connectivity index (χ4v) is 20.3. The molecule has 0 atom stereocenters. The van der Waals surface area contributed by atoms with Crippen molar-refractivity contribution in [3.8, 4) is 0 Å². The minimum atomic E-state index is 0.0526. The molecule has 0 unspecified atom stereocenters. The average molecular weight is 995 g/mol. The zero-order valence-electron chi connectivity index (χ0n) is 47.6. The van der Waals surface area contributed by atoms with E-state index in [0.29, 0.717) is 0 Å². The van der Waals surface area contributed by atoms with Crippen LogP contribution in [0.3, 0.4) is 0 Å². The molecule has 0 saturated heterocycles. The van der Waals surface area contributed by atoms with E-state index in [4.69, 9.17) is 0 Å². The van der Waals surface area contributed by atoms with Gasteiger partial charge in [-0.2, -0.15) is 0 Å². The Morgan fingerprint density at radius 2 is 0.986 bits per heavy atom. The van der Waals surface area contributed by atoms with E-state index in [-0.39, 0.29) is 44.6 Å². The van der Waals surface area contributed by atoms with E-state index in [1.807, 2.05) is 0 Å². The van der Waals surface area contributed by atoms with Crippen LogP contribution in [-0.2, 0) is 37.9 Å². The maximum Gasteiger partial charge on any atom is 0.264 e. The molecule has 8 bridgehead atoms. The van der Waals surface area contributed by atoms with Crippen molar-refractivity contribution in [2.75, 3.05) is 9.80 Å². The summed E-state index contributed by atoms with van der Waals surface area (Å²) in [6.07, 6.45) is 13.6. The van der Waals surface area contributed by atoms with Gasteiger partial charge < -0.3 is 9.80 Å². The van der Waals surface area contributed by atoms with Gasteiger partial charge in [-0.1, -0.05) is 133 Å². The summed E-state index contributed by atoms with van der Waals surface area (Å²) < 4.78 is 2.93. The number of benzene rings is 5. The second-order valence-corrected chi connectivity index (χ2v) is 32.4. The number of hydrogen-bond acceptors (Lipinski definition) is 3. The largest absolute Gasteiger partial charge is 0.311 e. The maximum atomic E-state index is 2.87. The molecule has 6 aromatic rings. The molecule has 4 heteroatoms. The topological polar surface area (TPSA) is 6.48 Å². The average Bonchev–Trinajstić information content (AvgIpc) is 3.75. The third kappa shape index (κ3) is 6.30. The van der Waals surface area contributed by atoms with Gasteiger partial charge in [-0.3, -0.25) is 0 Å². The van der Waals surface area contributed by atoms with Crippen LogP contribution in [0.2, 0.25) is 0 Å². The van der Waals surface area contributed by atoms with Gasteiger partial charge in [0.05, 0.1) is 5.69 Å². The number of thiophene rings is 1. The summed E-state index contributed by atoms with van der Waals surface area (Å²) in [5.74, 6) is 6.67. The van der Waals surface area contributed by atoms with Crippen LogP contribution in [0.1, 0.15) is 200 Å². The molecule has 0 amide bonds. The van der Waals surface area contributed by atoms with Crippen LogP contribution in [0.25, 0.3) is 10.1 Å². The second kappa shape index (κ2) is 14.6. The minimum absolute atomic E-state index is 0.0526. The molecule has 2 aliphatic heterocycles. The zero-order valence-corrected chi connectivity index (χ0v) is 48.4. The summed E-state index contributed by atoms with van der Waals surface area (Å²) in [7, 11) is 0. The first kappa shape index (κ1) is 47.0. The lowest BCUT2D eigenvalue weighted by Crippen LogP contribution is -2.66. The van der Waals surface area contributed by atoms with Crippen LogP contribution in [-0.4, -0.2) is 6.71 Å². The molecular formula is C70H83BN2S. The molecule has 382 valence electrons. The third-order valence-corrected chi connectivity index (χ3v) is 24.4. The van der Waals surface area contributed by atoms with E-state index in [1.165, 1.54) is 135 Å². The van der Waals surface area contributed by atoms with Crippen molar-refractivity contribution in [2.45, 2.75) is 199 Å². The fourth-order valence-electron chi connectivity index (χ4n) is 18.9. The summed E-state index contributed by atoms with van der Waals surface area (Å²) in [5.41, 5.74) is 22.8. The van der Waals surface area contributed by atoms with E-state index < -0.39 is 0 Å². The molecule has 7 fully saturated rings. The molecule has 11 aliphatic rings. The van der Waals surface area contributed by atoms with Gasteiger partial charge >= 0.3 is 0 Å². The highest BCUT2D eigenvalue weighted by atomic mass is 32.1. The van der Waals surface area contributed by atoms with Gasteiger partial charge in [-0.15, -0.1) is 11.3 Å². The van der Waals surface area contributed by atoms with E-state index in [2.05, 4.69) is 203 Å². The van der Waals surface area contributed by atoms with Gasteiger partial charge in [-0.05, 0) is 242 Å². The van der Waals surface area contributed by atoms with Crippen molar-refractivity contribution in [3.63, 3.8) is 0 Å². The first-order valence-corrected chi connectivity index (χ1v) is 30.4. The Kier molecular flexibility index (Phi) is 9.30. The lowest BCUT2D eigenvalue weighted by molar-refractivity contribution is -0.212. The molecule has 0 N–H and O–H groups in total. The van der Waals surface area contributed by atoms with Gasteiger partial charge in [0.2, 0.25) is 0 Å². The molecule has 0 radical (unpaired) electrons. The molecule has 3 heterocycles. The molecule has 9 aliphatic carbocycles. The molecule has 7 saturated carbocycles. The van der Waals surface area contributed by atoms with Crippen LogP contribution in [0.4, 0.5) is 34.1 Å². The summed E-state index contributed by atoms with van der Waals surface area (Å²) in [6, 6.07) is 36.5. The Morgan fingerprint density at radius 3 is 1.55 bits per heavy atom. The van der Waals surface area contributed by atoms with Crippen LogP contribution in [0, 0.1) is 41.4 Å². The lowest BCUT2D eigenvalue weighted by Gasteiger charge is -2.72. The Morgan fingerprint density at radius 1 is 0.486 bits per heavy atom. The van der Waals surface area contributed by atoms with Gasteiger partial charge in [-0.25, -0.2) is 0 Å². The molecule has 2 nitrogen and oxygen atoms in total. The van der Waals surface area contributed by atoms with Gasteiger partial charge in [0.15, 0.2) is 0 Å². The van der Waals surface area contributed by atoms with Crippen molar-refractivity contribution in [1.82, 2.24) is 0 Å². The Balaban J connectivity index is 1.06. The second-order valence-electron chi connectivity index (χ2n) is 31.3. The Labute approximate surface area is 449 Å². The van der Waals surface area contributed by atoms with Crippen molar-refractivity contribution >= 4 is 78.0 Å².